The molecule has 3 aromatic rings. The first-order chi connectivity index (χ1) is 9.86. The van der Waals surface area contributed by atoms with E-state index < -0.39 is 0 Å². The number of hydrogen-bond donors (Lipinski definition) is 0. The van der Waals surface area contributed by atoms with Crippen LogP contribution in [0.5, 0.6) is 5.75 Å². The van der Waals surface area contributed by atoms with Crippen LogP contribution in [-0.4, -0.2) is 7.11 Å². The van der Waals surface area contributed by atoms with Gasteiger partial charge in [-0.2, -0.15) is 4.40 Å². The highest BCUT2D eigenvalue weighted by molar-refractivity contribution is 5.58. The van der Waals surface area contributed by atoms with E-state index in [0.717, 1.165) is 22.4 Å². The van der Waals surface area contributed by atoms with Gasteiger partial charge in [-0.05, 0) is 36.4 Å². The molecule has 0 radical (unpaired) electrons. The molecule has 0 atom stereocenters. The van der Waals surface area contributed by atoms with E-state index in [9.17, 15) is 0 Å². The summed E-state index contributed by atoms with van der Waals surface area (Å²) < 4.78 is 7.21. The maximum absolute atomic E-state index is 5.14. The Hall–Kier alpha value is -2.79. The Bertz CT molecular complexity index is 790. The predicted octanol–water partition coefficient (Wildman–Crippen LogP) is 2.83. The van der Waals surface area contributed by atoms with Gasteiger partial charge in [0.2, 0.25) is 5.52 Å². The topological polar surface area (TPSA) is 13.3 Å². The third-order valence-corrected chi connectivity index (χ3v) is 3.11. The van der Waals surface area contributed by atoms with Gasteiger partial charge in [-0.3, -0.25) is 0 Å². The lowest BCUT2D eigenvalue weighted by atomic mass is 10.1. The zero-order valence-corrected chi connectivity index (χ0v) is 11.2. The summed E-state index contributed by atoms with van der Waals surface area (Å²) in [7, 11) is 1.66. The van der Waals surface area contributed by atoms with Crippen molar-refractivity contribution in [2.45, 2.75) is 0 Å². The highest BCUT2D eigenvalue weighted by Gasteiger charge is 2.03. The molecule has 2 aromatic heterocycles. The summed E-state index contributed by atoms with van der Waals surface area (Å²) in [6, 6.07) is 17.9. The van der Waals surface area contributed by atoms with Crippen LogP contribution in [0.15, 0.2) is 67.0 Å². The minimum absolute atomic E-state index is 0.844. The van der Waals surface area contributed by atoms with Gasteiger partial charge in [-0.25, -0.2) is 0 Å². The fraction of sp³-hybridized carbons (Fsp3) is 0.0556. The van der Waals surface area contributed by atoms with Crippen molar-refractivity contribution < 1.29 is 9.14 Å². The molecule has 0 bridgehead atoms. The zero-order valence-electron chi connectivity index (χ0n) is 11.2. The highest BCUT2D eigenvalue weighted by Crippen LogP contribution is 2.11. The molecule has 0 saturated heterocycles. The number of aromatic nitrogens is 1. The highest BCUT2D eigenvalue weighted by atomic mass is 16.5. The standard InChI is InChI=1S/C18H14NO/c1-20-17-11-8-15(9-12-17)7-10-16-5-4-14-19-13-3-2-6-18(16)19/h2-6,8-9,11-14H,1H3/q+1. The second-order valence-corrected chi connectivity index (χ2v) is 4.39. The van der Waals surface area contributed by atoms with Crippen LogP contribution in [0.4, 0.5) is 0 Å². The van der Waals surface area contributed by atoms with Crippen LogP contribution in [0.1, 0.15) is 11.1 Å². The first kappa shape index (κ1) is 12.3. The van der Waals surface area contributed by atoms with Gasteiger partial charge in [-0.15, -0.1) is 0 Å². The normalized spacial score (nSPS) is 9.85. The largest absolute Gasteiger partial charge is 0.497 e. The smallest absolute Gasteiger partial charge is 0.226 e. The average Bonchev–Trinajstić information content (AvgIpc) is 2.53. The van der Waals surface area contributed by atoms with Crippen molar-refractivity contribution >= 4 is 5.52 Å². The van der Waals surface area contributed by atoms with Crippen LogP contribution in [0.25, 0.3) is 5.52 Å². The van der Waals surface area contributed by atoms with Gasteiger partial charge in [-0.1, -0.05) is 11.8 Å². The van der Waals surface area contributed by atoms with Gasteiger partial charge < -0.3 is 4.74 Å². The molecule has 0 fully saturated rings. The van der Waals surface area contributed by atoms with Crippen LogP contribution in [0.3, 0.4) is 0 Å². The molecule has 0 unspecified atom stereocenters. The van der Waals surface area contributed by atoms with Crippen LogP contribution in [0, 0.1) is 11.8 Å². The van der Waals surface area contributed by atoms with Gasteiger partial charge in [0, 0.05) is 23.8 Å². The van der Waals surface area contributed by atoms with Gasteiger partial charge in [0.05, 0.1) is 12.7 Å². The van der Waals surface area contributed by atoms with Gasteiger partial charge >= 0.3 is 0 Å². The zero-order chi connectivity index (χ0) is 13.8. The van der Waals surface area contributed by atoms with Gasteiger partial charge in [0.25, 0.3) is 0 Å². The summed E-state index contributed by atoms with van der Waals surface area (Å²) in [5, 5.41) is 0. The number of rotatable bonds is 1. The average molecular weight is 260 g/mol. The Kier molecular flexibility index (Phi) is 3.34. The molecule has 0 spiro atoms. The van der Waals surface area contributed by atoms with E-state index in [1.165, 1.54) is 0 Å². The van der Waals surface area contributed by atoms with E-state index in [0.29, 0.717) is 0 Å². The van der Waals surface area contributed by atoms with Crippen molar-refractivity contribution in [2.75, 3.05) is 7.11 Å². The monoisotopic (exact) mass is 260 g/mol. The van der Waals surface area contributed by atoms with E-state index in [-0.39, 0.29) is 0 Å². The summed E-state index contributed by atoms with van der Waals surface area (Å²) >= 11 is 0. The van der Waals surface area contributed by atoms with Crippen molar-refractivity contribution in [2.24, 2.45) is 0 Å². The van der Waals surface area contributed by atoms with Crippen molar-refractivity contribution in [3.8, 4) is 17.6 Å². The molecule has 0 amide bonds. The van der Waals surface area contributed by atoms with Crippen molar-refractivity contribution in [1.82, 2.24) is 0 Å². The van der Waals surface area contributed by atoms with Crippen molar-refractivity contribution in [1.29, 1.82) is 0 Å². The Morgan fingerprint density at radius 3 is 2.45 bits per heavy atom. The summed E-state index contributed by atoms with van der Waals surface area (Å²) in [6.07, 6.45) is 4.04. The quantitative estimate of drug-likeness (QED) is 0.484. The summed E-state index contributed by atoms with van der Waals surface area (Å²) in [5.41, 5.74) is 3.10. The van der Waals surface area contributed by atoms with Crippen LogP contribution in [0.2, 0.25) is 0 Å². The third kappa shape index (κ3) is 2.48. The number of nitrogens with zero attached hydrogens (tertiary/aromatic N) is 1. The van der Waals surface area contributed by atoms with Crippen molar-refractivity contribution in [3.63, 3.8) is 0 Å². The fourth-order valence-corrected chi connectivity index (χ4v) is 2.05. The Labute approximate surface area is 118 Å². The first-order valence-corrected chi connectivity index (χ1v) is 6.42. The molecule has 3 rings (SSSR count). The minimum Gasteiger partial charge on any atom is -0.497 e. The summed E-state index contributed by atoms with van der Waals surface area (Å²) in [4.78, 5) is 0. The minimum atomic E-state index is 0.844. The maximum Gasteiger partial charge on any atom is 0.226 e. The number of ether oxygens (including phenoxy) is 1. The number of pyridine rings is 2. The molecular formula is C18H14NO+. The second kappa shape index (κ2) is 5.46. The van der Waals surface area contributed by atoms with Gasteiger partial charge in [0.15, 0.2) is 12.4 Å². The van der Waals surface area contributed by atoms with Crippen molar-refractivity contribution in [3.05, 3.63) is 78.1 Å². The molecule has 2 heterocycles. The number of fused-ring (bicyclic) bond motifs is 1. The lowest BCUT2D eigenvalue weighted by molar-refractivity contribution is -0.512. The van der Waals surface area contributed by atoms with E-state index in [1.54, 1.807) is 7.11 Å². The molecule has 0 saturated carbocycles. The Morgan fingerprint density at radius 1 is 0.850 bits per heavy atom. The molecule has 96 valence electrons. The fourth-order valence-electron chi connectivity index (χ4n) is 2.05. The number of hydrogen-bond acceptors (Lipinski definition) is 1. The van der Waals surface area contributed by atoms with Crippen LogP contribution < -0.4 is 9.14 Å². The van der Waals surface area contributed by atoms with E-state index in [4.69, 9.17) is 4.74 Å². The lowest BCUT2D eigenvalue weighted by Crippen LogP contribution is -2.20. The van der Waals surface area contributed by atoms with E-state index in [2.05, 4.69) is 22.3 Å². The molecule has 0 aliphatic heterocycles. The predicted molar refractivity (Wildman–Crippen MR) is 78.6 cm³/mol. The van der Waals surface area contributed by atoms with E-state index in [1.807, 2.05) is 60.9 Å². The van der Waals surface area contributed by atoms with E-state index >= 15 is 0 Å². The molecule has 2 heteroatoms. The third-order valence-electron chi connectivity index (χ3n) is 3.11. The summed E-state index contributed by atoms with van der Waals surface area (Å²) in [5.74, 6) is 7.26. The number of methoxy groups -OCH3 is 1. The number of benzene rings is 1. The SMILES string of the molecule is COc1ccc(C#Cc2ccc[n+]3ccccc23)cc1. The second-order valence-electron chi connectivity index (χ2n) is 4.39. The lowest BCUT2D eigenvalue weighted by Gasteiger charge is -1.97. The maximum atomic E-state index is 5.14. The molecule has 0 aliphatic carbocycles. The van der Waals surface area contributed by atoms with Gasteiger partial charge in [0.1, 0.15) is 5.75 Å². The summed E-state index contributed by atoms with van der Waals surface area (Å²) in [6.45, 7) is 0. The Balaban J connectivity index is 1.99. The molecular weight excluding hydrogens is 246 g/mol. The Morgan fingerprint density at radius 2 is 1.65 bits per heavy atom. The first-order valence-electron chi connectivity index (χ1n) is 6.42. The van der Waals surface area contributed by atoms with Crippen LogP contribution >= 0.6 is 0 Å². The molecule has 1 aromatic carbocycles. The molecule has 20 heavy (non-hydrogen) atoms. The molecule has 0 N–H and O–H groups in total. The molecule has 0 aliphatic rings. The molecule has 2 nitrogen and oxygen atoms in total. The van der Waals surface area contributed by atoms with Crippen LogP contribution in [-0.2, 0) is 0 Å².